The molecule has 0 saturated carbocycles. The first kappa shape index (κ1) is 17.7. The number of morpholine rings is 1. The molecule has 3 aromatic heterocycles. The molecule has 142 valence electrons. The smallest absolute Gasteiger partial charge is 0.275 e. The minimum Gasteiger partial charge on any atom is -0.378 e. The van der Waals surface area contributed by atoms with Crippen LogP contribution in [-0.4, -0.2) is 42.2 Å². The third kappa shape index (κ3) is 3.53. The Bertz CT molecular complexity index is 1110. The maximum absolute atomic E-state index is 12.6. The summed E-state index contributed by atoms with van der Waals surface area (Å²) in [6.45, 7) is 3.19. The molecule has 0 atom stereocenters. The zero-order valence-electron chi connectivity index (χ0n) is 14.8. The van der Waals surface area contributed by atoms with E-state index in [9.17, 15) is 4.79 Å². The van der Waals surface area contributed by atoms with Gasteiger partial charge in [0.2, 0.25) is 0 Å². The van der Waals surface area contributed by atoms with Gasteiger partial charge in [-0.15, -0.1) is 11.3 Å². The highest BCUT2D eigenvalue weighted by molar-refractivity contribution is 7.22. The van der Waals surface area contributed by atoms with Crippen molar-refractivity contribution in [2.24, 2.45) is 0 Å². The first-order chi connectivity index (χ1) is 13.8. The molecule has 6 nitrogen and oxygen atoms in total. The van der Waals surface area contributed by atoms with Crippen LogP contribution in [-0.2, 0) is 4.74 Å². The van der Waals surface area contributed by atoms with Gasteiger partial charge < -0.3 is 15.0 Å². The van der Waals surface area contributed by atoms with Gasteiger partial charge in [0.15, 0.2) is 5.13 Å². The molecule has 28 heavy (non-hydrogen) atoms. The van der Waals surface area contributed by atoms with Crippen molar-refractivity contribution in [3.63, 3.8) is 0 Å². The maximum atomic E-state index is 12.6. The number of hydrogen-bond acceptors (Lipinski definition) is 8. The fourth-order valence-corrected chi connectivity index (χ4v) is 5.54. The number of nitrogens with zero attached hydrogens (tertiary/aromatic N) is 3. The van der Waals surface area contributed by atoms with Crippen LogP contribution in [0.15, 0.2) is 40.4 Å². The second-order valence-corrected chi connectivity index (χ2v) is 8.93. The molecule has 9 heteroatoms. The number of benzene rings is 1. The Morgan fingerprint density at radius 2 is 2.04 bits per heavy atom. The van der Waals surface area contributed by atoms with Crippen molar-refractivity contribution >= 4 is 61.0 Å². The first-order valence-electron chi connectivity index (χ1n) is 8.79. The van der Waals surface area contributed by atoms with Crippen LogP contribution in [0, 0.1) is 0 Å². The molecule has 5 rings (SSSR count). The molecule has 1 saturated heterocycles. The molecule has 1 aliphatic rings. The number of thiazole rings is 2. The monoisotopic (exact) mass is 428 g/mol. The third-order valence-electron chi connectivity index (χ3n) is 4.42. The molecule has 1 aliphatic heterocycles. The van der Waals surface area contributed by atoms with Crippen LogP contribution in [0.5, 0.6) is 0 Å². The van der Waals surface area contributed by atoms with Gasteiger partial charge in [-0.05, 0) is 29.6 Å². The van der Waals surface area contributed by atoms with Crippen LogP contribution >= 0.6 is 34.0 Å². The Kier molecular flexibility index (Phi) is 4.81. The van der Waals surface area contributed by atoms with E-state index in [1.807, 2.05) is 35.0 Å². The van der Waals surface area contributed by atoms with E-state index < -0.39 is 0 Å². The third-order valence-corrected chi connectivity index (χ3v) is 7.08. The highest BCUT2D eigenvalue weighted by Gasteiger charge is 2.16. The predicted octanol–water partition coefficient (Wildman–Crippen LogP) is 4.57. The number of nitrogens with one attached hydrogen (secondary N) is 1. The van der Waals surface area contributed by atoms with Crippen LogP contribution in [0.4, 0.5) is 10.8 Å². The molecule has 0 radical (unpaired) electrons. The second kappa shape index (κ2) is 7.59. The molecule has 0 bridgehead atoms. The molecular weight excluding hydrogens is 412 g/mol. The van der Waals surface area contributed by atoms with Crippen molar-refractivity contribution in [2.75, 3.05) is 36.5 Å². The Hall–Kier alpha value is -2.33. The predicted molar refractivity (Wildman–Crippen MR) is 116 cm³/mol. The van der Waals surface area contributed by atoms with Gasteiger partial charge in [-0.2, -0.15) is 11.3 Å². The van der Waals surface area contributed by atoms with E-state index in [-0.39, 0.29) is 5.91 Å². The van der Waals surface area contributed by atoms with E-state index in [0.717, 1.165) is 57.9 Å². The summed E-state index contributed by atoms with van der Waals surface area (Å²) in [5, 5.41) is 10.6. The van der Waals surface area contributed by atoms with Crippen LogP contribution in [0.2, 0.25) is 0 Å². The summed E-state index contributed by atoms with van der Waals surface area (Å²) in [4.78, 5) is 24.0. The van der Waals surface area contributed by atoms with Gasteiger partial charge in [-0.1, -0.05) is 11.3 Å². The number of carbonyl (C=O) groups is 1. The van der Waals surface area contributed by atoms with Crippen LogP contribution in [0.3, 0.4) is 0 Å². The van der Waals surface area contributed by atoms with Gasteiger partial charge in [0.25, 0.3) is 5.91 Å². The molecule has 1 amide bonds. The summed E-state index contributed by atoms with van der Waals surface area (Å²) in [7, 11) is 0. The Labute approximate surface area is 173 Å². The summed E-state index contributed by atoms with van der Waals surface area (Å²) in [6, 6.07) is 7.81. The number of fused-ring (bicyclic) bond motifs is 1. The summed E-state index contributed by atoms with van der Waals surface area (Å²) >= 11 is 4.74. The lowest BCUT2D eigenvalue weighted by atomic mass is 10.3. The zero-order valence-corrected chi connectivity index (χ0v) is 17.2. The van der Waals surface area contributed by atoms with Crippen molar-refractivity contribution < 1.29 is 9.53 Å². The van der Waals surface area contributed by atoms with Gasteiger partial charge in [-0.25, -0.2) is 9.97 Å². The Balaban J connectivity index is 1.34. The van der Waals surface area contributed by atoms with Crippen molar-refractivity contribution in [1.29, 1.82) is 0 Å². The van der Waals surface area contributed by atoms with Crippen molar-refractivity contribution in [1.82, 2.24) is 9.97 Å². The fraction of sp³-hybridized carbons (Fsp3) is 0.211. The summed E-state index contributed by atoms with van der Waals surface area (Å²) in [6.07, 6.45) is 0. The van der Waals surface area contributed by atoms with Crippen molar-refractivity contribution in [3.8, 4) is 10.6 Å². The fourth-order valence-electron chi connectivity index (χ4n) is 2.97. The number of rotatable bonds is 4. The van der Waals surface area contributed by atoms with Gasteiger partial charge >= 0.3 is 0 Å². The van der Waals surface area contributed by atoms with Crippen LogP contribution in [0.25, 0.3) is 20.8 Å². The number of anilines is 2. The highest BCUT2D eigenvalue weighted by atomic mass is 32.1. The molecule has 1 N–H and O–H groups in total. The van der Waals surface area contributed by atoms with Crippen molar-refractivity contribution in [2.45, 2.75) is 0 Å². The lowest BCUT2D eigenvalue weighted by molar-refractivity contribution is 0.102. The van der Waals surface area contributed by atoms with Gasteiger partial charge in [0, 0.05) is 35.1 Å². The van der Waals surface area contributed by atoms with E-state index in [0.29, 0.717) is 5.69 Å². The molecule has 1 aromatic carbocycles. The standard InChI is InChI=1S/C19H16N4O2S3/c24-17(15-11-27-18(21-15)12-3-8-26-10-12)20-13-1-2-14-16(9-13)28-19(22-14)23-4-6-25-7-5-23/h1-3,8-11H,4-7H2,(H,20,24). The molecule has 1 fully saturated rings. The van der Waals surface area contributed by atoms with E-state index in [1.165, 1.54) is 11.3 Å². The normalized spacial score (nSPS) is 14.5. The Morgan fingerprint density at radius 3 is 2.86 bits per heavy atom. The highest BCUT2D eigenvalue weighted by Crippen LogP contribution is 2.31. The number of amides is 1. The molecular formula is C19H16N4O2S3. The molecule has 4 aromatic rings. The average molecular weight is 429 g/mol. The number of thiophene rings is 1. The van der Waals surface area contributed by atoms with E-state index in [4.69, 9.17) is 9.72 Å². The molecule has 0 spiro atoms. The minimum atomic E-state index is -0.199. The Morgan fingerprint density at radius 1 is 1.14 bits per heavy atom. The van der Waals surface area contributed by atoms with E-state index >= 15 is 0 Å². The second-order valence-electron chi connectivity index (χ2n) is 6.28. The largest absolute Gasteiger partial charge is 0.378 e. The molecule has 0 aliphatic carbocycles. The quantitative estimate of drug-likeness (QED) is 0.516. The van der Waals surface area contributed by atoms with E-state index in [2.05, 4.69) is 15.2 Å². The number of carbonyl (C=O) groups excluding carboxylic acids is 1. The summed E-state index contributed by atoms with van der Waals surface area (Å²) in [5.41, 5.74) is 3.18. The van der Waals surface area contributed by atoms with Crippen molar-refractivity contribution in [3.05, 3.63) is 46.1 Å². The van der Waals surface area contributed by atoms with Gasteiger partial charge in [0.05, 0.1) is 23.4 Å². The SMILES string of the molecule is O=C(Nc1ccc2nc(N3CCOCC3)sc2c1)c1csc(-c2ccsc2)n1. The lowest BCUT2D eigenvalue weighted by Gasteiger charge is -2.25. The average Bonchev–Trinajstić information content (AvgIpc) is 3.47. The summed E-state index contributed by atoms with van der Waals surface area (Å²) < 4.78 is 6.46. The van der Waals surface area contributed by atoms with E-state index in [1.54, 1.807) is 28.1 Å². The van der Waals surface area contributed by atoms with Gasteiger partial charge in [0.1, 0.15) is 10.7 Å². The number of hydrogen-bond donors (Lipinski definition) is 1. The van der Waals surface area contributed by atoms with Crippen LogP contribution in [0.1, 0.15) is 10.5 Å². The summed E-state index contributed by atoms with van der Waals surface area (Å²) in [5.74, 6) is -0.199. The molecule has 0 unspecified atom stereocenters. The lowest BCUT2D eigenvalue weighted by Crippen LogP contribution is -2.36. The first-order valence-corrected chi connectivity index (χ1v) is 11.4. The topological polar surface area (TPSA) is 67.4 Å². The maximum Gasteiger partial charge on any atom is 0.275 e. The van der Waals surface area contributed by atoms with Crippen LogP contribution < -0.4 is 10.2 Å². The zero-order chi connectivity index (χ0) is 18.9. The number of aromatic nitrogens is 2. The minimum absolute atomic E-state index is 0.199. The molecule has 4 heterocycles. The van der Waals surface area contributed by atoms with Gasteiger partial charge in [-0.3, -0.25) is 4.79 Å². The number of ether oxygens (including phenoxy) is 1.